The zero-order chi connectivity index (χ0) is 16.6. The molecule has 3 rings (SSSR count). The normalized spacial score (nSPS) is 17.3. The number of hydrogen-bond donors (Lipinski definition) is 1. The van der Waals surface area contributed by atoms with Gasteiger partial charge in [-0.15, -0.1) is 0 Å². The van der Waals surface area contributed by atoms with Crippen molar-refractivity contribution in [1.82, 2.24) is 9.29 Å². The second kappa shape index (κ2) is 6.34. The van der Waals surface area contributed by atoms with E-state index in [0.717, 1.165) is 42.2 Å². The van der Waals surface area contributed by atoms with Gasteiger partial charge < -0.3 is 9.88 Å². The molecule has 1 fully saturated rings. The van der Waals surface area contributed by atoms with E-state index in [-0.39, 0.29) is 0 Å². The average molecular weight is 356 g/mol. The number of nitrogens with one attached hydrogen (secondary N) is 1. The first-order valence-corrected chi connectivity index (χ1v) is 10.00. The minimum Gasteiger partial charge on any atom is -0.371 e. The summed E-state index contributed by atoms with van der Waals surface area (Å²) in [6.07, 6.45) is 5.16. The van der Waals surface area contributed by atoms with E-state index in [0.29, 0.717) is 12.5 Å². The maximum absolute atomic E-state index is 11.5. The number of nitrogens with zero attached hydrogens (tertiary/aromatic N) is 2. The zero-order valence-corrected chi connectivity index (χ0v) is 15.0. The molecule has 1 aliphatic heterocycles. The van der Waals surface area contributed by atoms with Gasteiger partial charge in [0.15, 0.2) is 0 Å². The van der Waals surface area contributed by atoms with Crippen molar-refractivity contribution in [2.75, 3.05) is 37.8 Å². The molecule has 0 atom stereocenters. The van der Waals surface area contributed by atoms with Crippen LogP contribution in [0.5, 0.6) is 0 Å². The largest absolute Gasteiger partial charge is 0.371 e. The Morgan fingerprint density at radius 2 is 2.04 bits per heavy atom. The molecule has 5 nitrogen and oxygen atoms in total. The number of benzene rings is 1. The van der Waals surface area contributed by atoms with Crippen molar-refractivity contribution in [3.63, 3.8) is 0 Å². The number of fused-ring (bicyclic) bond motifs is 1. The van der Waals surface area contributed by atoms with E-state index in [2.05, 4.69) is 16.0 Å². The van der Waals surface area contributed by atoms with Gasteiger partial charge in [-0.1, -0.05) is 11.6 Å². The fourth-order valence-electron chi connectivity index (χ4n) is 3.23. The summed E-state index contributed by atoms with van der Waals surface area (Å²) in [7, 11) is -1.44. The quantitative estimate of drug-likeness (QED) is 0.917. The first-order valence-electron chi connectivity index (χ1n) is 7.77. The molecule has 1 N–H and O–H groups in total. The Balaban J connectivity index is 1.70. The molecule has 0 unspecified atom stereocenters. The predicted octanol–water partition coefficient (Wildman–Crippen LogP) is 2.93. The summed E-state index contributed by atoms with van der Waals surface area (Å²) < 4.78 is 24.5. The molecule has 0 aliphatic carbocycles. The Kier molecular flexibility index (Phi) is 4.58. The maximum atomic E-state index is 11.5. The second-order valence-corrected chi connectivity index (χ2v) is 8.86. The first-order chi connectivity index (χ1) is 10.8. The van der Waals surface area contributed by atoms with Gasteiger partial charge in [-0.3, -0.25) is 0 Å². The standard InChI is InChI=1S/C16H22ClN3O2S/c1-19(23(2,21)22)11-12-4-7-20(8-5-12)16-10-13(17)9-15-14(16)3-6-18-15/h3,6,9-10,12,18H,4-5,7-8,11H2,1-2H3. The van der Waals surface area contributed by atoms with Gasteiger partial charge in [0.2, 0.25) is 10.0 Å². The SMILES string of the molecule is CN(CC1CCN(c2cc(Cl)cc3[nH]ccc23)CC1)S(C)(=O)=O. The summed E-state index contributed by atoms with van der Waals surface area (Å²) in [5.74, 6) is 0.409. The number of hydrogen-bond acceptors (Lipinski definition) is 3. The lowest BCUT2D eigenvalue weighted by Gasteiger charge is -2.35. The minimum atomic E-state index is -3.10. The number of rotatable bonds is 4. The molecule has 0 bridgehead atoms. The molecule has 0 saturated carbocycles. The maximum Gasteiger partial charge on any atom is 0.210 e. The molecule has 23 heavy (non-hydrogen) atoms. The van der Waals surface area contributed by atoms with Gasteiger partial charge in [0, 0.05) is 54.5 Å². The van der Waals surface area contributed by atoms with Gasteiger partial charge in [0.05, 0.1) is 6.26 Å². The van der Waals surface area contributed by atoms with E-state index >= 15 is 0 Å². The van der Waals surface area contributed by atoms with Crippen LogP contribution in [-0.2, 0) is 10.0 Å². The van der Waals surface area contributed by atoms with E-state index < -0.39 is 10.0 Å². The van der Waals surface area contributed by atoms with Crippen LogP contribution in [0.3, 0.4) is 0 Å². The topological polar surface area (TPSA) is 56.4 Å². The van der Waals surface area contributed by atoms with Crippen molar-refractivity contribution in [3.8, 4) is 0 Å². The third kappa shape index (κ3) is 3.65. The fourth-order valence-corrected chi connectivity index (χ4v) is 3.92. The highest BCUT2D eigenvalue weighted by molar-refractivity contribution is 7.88. The Bertz CT molecular complexity index is 795. The highest BCUT2D eigenvalue weighted by Crippen LogP contribution is 2.33. The van der Waals surface area contributed by atoms with Gasteiger partial charge in [-0.05, 0) is 37.0 Å². The van der Waals surface area contributed by atoms with Crippen LogP contribution in [-0.4, -0.2) is 50.6 Å². The van der Waals surface area contributed by atoms with Gasteiger partial charge in [-0.25, -0.2) is 12.7 Å². The molecule has 0 spiro atoms. The Hall–Kier alpha value is -1.24. The van der Waals surface area contributed by atoms with Gasteiger partial charge in [0.25, 0.3) is 0 Å². The number of aromatic nitrogens is 1. The van der Waals surface area contributed by atoms with Crippen molar-refractivity contribution in [2.45, 2.75) is 12.8 Å². The Morgan fingerprint density at radius 3 is 2.70 bits per heavy atom. The molecular weight excluding hydrogens is 334 g/mol. The number of piperidine rings is 1. The van der Waals surface area contributed by atoms with E-state index in [1.807, 2.05) is 18.3 Å². The van der Waals surface area contributed by atoms with E-state index in [1.54, 1.807) is 7.05 Å². The third-order valence-corrected chi connectivity index (χ3v) is 6.15. The van der Waals surface area contributed by atoms with Crippen molar-refractivity contribution >= 4 is 38.2 Å². The fraction of sp³-hybridized carbons (Fsp3) is 0.500. The molecule has 1 aromatic heterocycles. The monoisotopic (exact) mass is 355 g/mol. The van der Waals surface area contributed by atoms with Gasteiger partial charge in [0.1, 0.15) is 0 Å². The van der Waals surface area contributed by atoms with E-state index in [1.165, 1.54) is 15.9 Å². The molecule has 126 valence electrons. The smallest absolute Gasteiger partial charge is 0.210 e. The summed E-state index contributed by atoms with van der Waals surface area (Å²) in [6.45, 7) is 2.44. The summed E-state index contributed by atoms with van der Waals surface area (Å²) in [6, 6.07) is 6.03. The summed E-state index contributed by atoms with van der Waals surface area (Å²) >= 11 is 6.23. The lowest BCUT2D eigenvalue weighted by Crippen LogP contribution is -2.39. The van der Waals surface area contributed by atoms with Crippen molar-refractivity contribution < 1.29 is 8.42 Å². The van der Waals surface area contributed by atoms with Crippen LogP contribution in [0.2, 0.25) is 5.02 Å². The number of anilines is 1. The van der Waals surface area contributed by atoms with Crippen LogP contribution in [0.15, 0.2) is 24.4 Å². The molecule has 2 heterocycles. The Labute approximate surface area is 142 Å². The molecule has 1 aliphatic rings. The number of halogens is 1. The van der Waals surface area contributed by atoms with Crippen LogP contribution in [0.25, 0.3) is 10.9 Å². The molecule has 7 heteroatoms. The minimum absolute atomic E-state index is 0.409. The third-order valence-electron chi connectivity index (χ3n) is 4.65. The zero-order valence-electron chi connectivity index (χ0n) is 13.4. The van der Waals surface area contributed by atoms with Crippen molar-refractivity contribution in [3.05, 3.63) is 29.4 Å². The van der Waals surface area contributed by atoms with Crippen LogP contribution in [0.4, 0.5) is 5.69 Å². The van der Waals surface area contributed by atoms with Crippen LogP contribution in [0.1, 0.15) is 12.8 Å². The lowest BCUT2D eigenvalue weighted by molar-refractivity contribution is 0.329. The first kappa shape index (κ1) is 16.6. The number of sulfonamides is 1. The molecular formula is C16H22ClN3O2S. The van der Waals surface area contributed by atoms with E-state index in [4.69, 9.17) is 11.6 Å². The molecule has 0 amide bonds. The van der Waals surface area contributed by atoms with E-state index in [9.17, 15) is 8.42 Å². The number of H-pyrrole nitrogens is 1. The summed E-state index contributed by atoms with van der Waals surface area (Å²) in [5.41, 5.74) is 2.20. The second-order valence-electron chi connectivity index (χ2n) is 6.34. The summed E-state index contributed by atoms with van der Waals surface area (Å²) in [5, 5.41) is 1.91. The van der Waals surface area contributed by atoms with Crippen LogP contribution >= 0.6 is 11.6 Å². The molecule has 1 saturated heterocycles. The number of aromatic amines is 1. The van der Waals surface area contributed by atoms with Crippen LogP contribution < -0.4 is 4.90 Å². The van der Waals surface area contributed by atoms with Gasteiger partial charge in [-0.2, -0.15) is 0 Å². The predicted molar refractivity (Wildman–Crippen MR) is 95.7 cm³/mol. The molecule has 0 radical (unpaired) electrons. The van der Waals surface area contributed by atoms with Crippen molar-refractivity contribution in [2.24, 2.45) is 5.92 Å². The Morgan fingerprint density at radius 1 is 1.35 bits per heavy atom. The van der Waals surface area contributed by atoms with Crippen LogP contribution in [0, 0.1) is 5.92 Å². The van der Waals surface area contributed by atoms with Crippen molar-refractivity contribution in [1.29, 1.82) is 0 Å². The molecule has 2 aromatic rings. The van der Waals surface area contributed by atoms with Gasteiger partial charge >= 0.3 is 0 Å². The highest BCUT2D eigenvalue weighted by atomic mass is 35.5. The highest BCUT2D eigenvalue weighted by Gasteiger charge is 2.24. The molecule has 1 aromatic carbocycles. The lowest BCUT2D eigenvalue weighted by atomic mass is 9.96. The average Bonchev–Trinajstić information content (AvgIpc) is 2.94. The summed E-state index contributed by atoms with van der Waals surface area (Å²) in [4.78, 5) is 5.55.